The second-order valence-electron chi connectivity index (χ2n) is 5.72. The van der Waals surface area contributed by atoms with Crippen LogP contribution < -0.4 is 0 Å². The third-order valence-electron chi connectivity index (χ3n) is 3.22. The zero-order valence-corrected chi connectivity index (χ0v) is 12.0. The van der Waals surface area contributed by atoms with E-state index in [4.69, 9.17) is 11.6 Å². The van der Waals surface area contributed by atoms with Gasteiger partial charge in [0, 0.05) is 16.6 Å². The lowest BCUT2D eigenvalue weighted by Gasteiger charge is -2.23. The molecule has 2 aromatic rings. The van der Waals surface area contributed by atoms with Crippen molar-refractivity contribution in [2.24, 2.45) is 5.41 Å². The summed E-state index contributed by atoms with van der Waals surface area (Å²) >= 11 is 6.02. The fraction of sp³-hybridized carbons (Fsp3) is 0.400. The van der Waals surface area contributed by atoms with Crippen LogP contribution in [0, 0.1) is 5.41 Å². The van der Waals surface area contributed by atoms with Crippen LogP contribution in [0.1, 0.15) is 33.7 Å². The predicted molar refractivity (Wildman–Crippen MR) is 76.1 cm³/mol. The van der Waals surface area contributed by atoms with Gasteiger partial charge >= 0.3 is 0 Å². The van der Waals surface area contributed by atoms with Gasteiger partial charge in [-0.25, -0.2) is 0 Å². The Hall–Kier alpha value is -1.28. The second kappa shape index (κ2) is 4.43. The predicted octanol–water partition coefficient (Wildman–Crippen LogP) is 4.47. The van der Waals surface area contributed by atoms with E-state index >= 15 is 0 Å². The Balaban J connectivity index is 2.48. The number of halogens is 1. The van der Waals surface area contributed by atoms with Gasteiger partial charge in [0.2, 0.25) is 0 Å². The summed E-state index contributed by atoms with van der Waals surface area (Å²) < 4.78 is 1.99. The molecule has 0 aliphatic rings. The molecule has 1 atom stereocenters. The van der Waals surface area contributed by atoms with Gasteiger partial charge in [-0.15, -0.1) is 0 Å². The number of rotatable bonds is 2. The first-order valence-corrected chi connectivity index (χ1v) is 6.49. The molecule has 0 aliphatic carbocycles. The van der Waals surface area contributed by atoms with Gasteiger partial charge in [0.25, 0.3) is 0 Å². The van der Waals surface area contributed by atoms with E-state index in [0.29, 0.717) is 5.02 Å². The molecule has 3 heteroatoms. The molecule has 18 heavy (non-hydrogen) atoms. The van der Waals surface area contributed by atoms with Crippen LogP contribution in [-0.4, -0.2) is 10.4 Å². The lowest BCUT2D eigenvalue weighted by molar-refractivity contribution is -0.129. The number of ketones is 1. The van der Waals surface area contributed by atoms with Crippen LogP contribution in [0.15, 0.2) is 30.5 Å². The summed E-state index contributed by atoms with van der Waals surface area (Å²) in [7, 11) is 0. The van der Waals surface area contributed by atoms with Crippen LogP contribution in [0.4, 0.5) is 0 Å². The molecule has 0 N–H and O–H groups in total. The van der Waals surface area contributed by atoms with Crippen LogP contribution in [0.2, 0.25) is 5.02 Å². The number of carbonyl (C=O) groups is 1. The van der Waals surface area contributed by atoms with Crippen molar-refractivity contribution < 1.29 is 4.79 Å². The van der Waals surface area contributed by atoms with Crippen molar-refractivity contribution in [3.8, 4) is 0 Å². The Kier molecular flexibility index (Phi) is 3.24. The van der Waals surface area contributed by atoms with E-state index in [9.17, 15) is 4.79 Å². The number of carbonyl (C=O) groups excluding carboxylic acids is 1. The first-order chi connectivity index (χ1) is 8.30. The highest BCUT2D eigenvalue weighted by atomic mass is 35.5. The minimum Gasteiger partial charge on any atom is -0.337 e. The van der Waals surface area contributed by atoms with E-state index in [1.807, 2.05) is 62.7 Å². The summed E-state index contributed by atoms with van der Waals surface area (Å²) in [6.07, 6.45) is 1.95. The Morgan fingerprint density at radius 2 is 1.94 bits per heavy atom. The topological polar surface area (TPSA) is 22.0 Å². The smallest absolute Gasteiger partial charge is 0.160 e. The van der Waals surface area contributed by atoms with Gasteiger partial charge in [-0.2, -0.15) is 0 Å². The van der Waals surface area contributed by atoms with Crippen molar-refractivity contribution in [3.63, 3.8) is 0 Å². The van der Waals surface area contributed by atoms with Gasteiger partial charge in [0.05, 0.1) is 11.6 Å². The maximum Gasteiger partial charge on any atom is 0.160 e. The summed E-state index contributed by atoms with van der Waals surface area (Å²) in [5.41, 5.74) is 0.668. The van der Waals surface area contributed by atoms with E-state index in [1.54, 1.807) is 0 Å². The van der Waals surface area contributed by atoms with Gasteiger partial charge in [0.1, 0.15) is 0 Å². The Morgan fingerprint density at radius 1 is 1.28 bits per heavy atom. The highest BCUT2D eigenvalue weighted by Crippen LogP contribution is 2.28. The Morgan fingerprint density at radius 3 is 2.56 bits per heavy atom. The largest absolute Gasteiger partial charge is 0.337 e. The molecular formula is C15H18ClNO. The van der Waals surface area contributed by atoms with Gasteiger partial charge in [-0.05, 0) is 30.5 Å². The van der Waals surface area contributed by atoms with Crippen molar-refractivity contribution in [1.82, 2.24) is 4.57 Å². The molecule has 0 amide bonds. The van der Waals surface area contributed by atoms with Gasteiger partial charge in [0.15, 0.2) is 5.78 Å². The van der Waals surface area contributed by atoms with E-state index in [0.717, 1.165) is 10.9 Å². The molecule has 1 unspecified atom stereocenters. The highest BCUT2D eigenvalue weighted by molar-refractivity contribution is 6.31. The molecule has 1 aromatic heterocycles. The molecular weight excluding hydrogens is 246 g/mol. The lowest BCUT2D eigenvalue weighted by Crippen LogP contribution is -2.28. The number of fused-ring (bicyclic) bond motifs is 1. The molecule has 0 saturated heterocycles. The van der Waals surface area contributed by atoms with Crippen molar-refractivity contribution in [1.29, 1.82) is 0 Å². The van der Waals surface area contributed by atoms with Crippen LogP contribution in [0.25, 0.3) is 10.9 Å². The first kappa shape index (κ1) is 13.2. The zero-order valence-electron chi connectivity index (χ0n) is 11.2. The van der Waals surface area contributed by atoms with E-state index in [-0.39, 0.29) is 17.2 Å². The summed E-state index contributed by atoms with van der Waals surface area (Å²) in [6.45, 7) is 7.79. The number of benzene rings is 1. The van der Waals surface area contributed by atoms with Crippen molar-refractivity contribution in [2.45, 2.75) is 33.7 Å². The quantitative estimate of drug-likeness (QED) is 0.783. The van der Waals surface area contributed by atoms with Gasteiger partial charge in [-0.3, -0.25) is 4.79 Å². The normalized spacial score (nSPS) is 13.8. The van der Waals surface area contributed by atoms with Crippen LogP contribution in [0.3, 0.4) is 0 Å². The molecule has 0 fully saturated rings. The molecule has 0 aliphatic heterocycles. The molecule has 0 bridgehead atoms. The average molecular weight is 264 g/mol. The summed E-state index contributed by atoms with van der Waals surface area (Å²) in [5, 5.41) is 1.80. The number of Topliss-reactive ketones (excluding diaryl/α,β-unsaturated/α-hetero) is 1. The first-order valence-electron chi connectivity index (χ1n) is 6.11. The molecule has 2 rings (SSSR count). The zero-order chi connectivity index (χ0) is 13.5. The van der Waals surface area contributed by atoms with Crippen LogP contribution >= 0.6 is 11.6 Å². The fourth-order valence-corrected chi connectivity index (χ4v) is 2.38. The van der Waals surface area contributed by atoms with Crippen molar-refractivity contribution >= 4 is 28.3 Å². The van der Waals surface area contributed by atoms with E-state index < -0.39 is 0 Å². The molecule has 0 spiro atoms. The third kappa shape index (κ3) is 2.30. The van der Waals surface area contributed by atoms with Crippen LogP contribution in [0.5, 0.6) is 0 Å². The molecule has 1 aromatic carbocycles. The highest BCUT2D eigenvalue weighted by Gasteiger charge is 2.28. The van der Waals surface area contributed by atoms with E-state index in [2.05, 4.69) is 0 Å². The standard InChI is InChI=1S/C15H18ClNO/c1-10(14(18)15(2,3)4)17-8-7-11-5-6-12(16)9-13(11)17/h5-10H,1-4H3. The maximum atomic E-state index is 12.3. The van der Waals surface area contributed by atoms with Crippen molar-refractivity contribution in [3.05, 3.63) is 35.5 Å². The van der Waals surface area contributed by atoms with E-state index in [1.165, 1.54) is 0 Å². The summed E-state index contributed by atoms with van der Waals surface area (Å²) in [5.74, 6) is 0.222. The molecule has 2 nitrogen and oxygen atoms in total. The molecule has 1 heterocycles. The minimum atomic E-state index is -0.339. The summed E-state index contributed by atoms with van der Waals surface area (Å²) in [4.78, 5) is 12.3. The molecule has 0 radical (unpaired) electrons. The number of nitrogens with zero attached hydrogens (tertiary/aromatic N) is 1. The monoisotopic (exact) mass is 263 g/mol. The second-order valence-corrected chi connectivity index (χ2v) is 6.15. The van der Waals surface area contributed by atoms with Gasteiger partial charge in [-0.1, -0.05) is 38.4 Å². The summed E-state index contributed by atoms with van der Waals surface area (Å²) in [6, 6.07) is 7.58. The van der Waals surface area contributed by atoms with Gasteiger partial charge < -0.3 is 4.57 Å². The SMILES string of the molecule is CC(C(=O)C(C)(C)C)n1ccc2ccc(Cl)cc21. The maximum absolute atomic E-state index is 12.3. The van der Waals surface area contributed by atoms with Crippen molar-refractivity contribution in [2.75, 3.05) is 0 Å². The Labute approximate surface area is 113 Å². The molecule has 0 saturated carbocycles. The fourth-order valence-electron chi connectivity index (χ4n) is 2.21. The molecule has 96 valence electrons. The van der Waals surface area contributed by atoms with Crippen LogP contribution in [-0.2, 0) is 4.79 Å². The Bertz CT molecular complexity index is 592. The third-order valence-corrected chi connectivity index (χ3v) is 3.46. The number of hydrogen-bond acceptors (Lipinski definition) is 1. The average Bonchev–Trinajstić information content (AvgIpc) is 2.68. The minimum absolute atomic E-state index is 0.180. The lowest BCUT2D eigenvalue weighted by atomic mass is 9.87. The number of hydrogen-bond donors (Lipinski definition) is 0. The number of aromatic nitrogens is 1.